The molecule has 1 aliphatic rings. The van der Waals surface area contributed by atoms with Gasteiger partial charge in [-0.1, -0.05) is 11.6 Å². The fourth-order valence-corrected chi connectivity index (χ4v) is 2.24. The second-order valence-corrected chi connectivity index (χ2v) is 4.52. The van der Waals surface area contributed by atoms with Crippen molar-refractivity contribution in [3.8, 4) is 0 Å². The first-order valence-corrected chi connectivity index (χ1v) is 6.03. The van der Waals surface area contributed by atoms with Crippen LogP contribution < -0.4 is 0 Å². The molecular formula is C12H11ClN4O. The van der Waals surface area contributed by atoms with Gasteiger partial charge in [0.2, 0.25) is 0 Å². The lowest BCUT2D eigenvalue weighted by molar-refractivity contribution is 0.0707. The van der Waals surface area contributed by atoms with Crippen molar-refractivity contribution in [2.75, 3.05) is 6.54 Å². The SMILES string of the molecule is O=C(c1ccnc(Cl)c1)N1CCn2ccnc2C1. The molecule has 1 amide bonds. The Morgan fingerprint density at radius 3 is 3.00 bits per heavy atom. The number of hydrogen-bond donors (Lipinski definition) is 0. The molecule has 0 atom stereocenters. The fourth-order valence-electron chi connectivity index (χ4n) is 2.06. The monoisotopic (exact) mass is 262 g/mol. The summed E-state index contributed by atoms with van der Waals surface area (Å²) in [7, 11) is 0. The van der Waals surface area contributed by atoms with Crippen molar-refractivity contribution in [1.82, 2.24) is 19.4 Å². The number of amides is 1. The Morgan fingerprint density at radius 2 is 2.17 bits per heavy atom. The summed E-state index contributed by atoms with van der Waals surface area (Å²) in [5, 5.41) is 0.333. The number of carbonyl (C=O) groups is 1. The van der Waals surface area contributed by atoms with Crippen LogP contribution in [0.3, 0.4) is 0 Å². The van der Waals surface area contributed by atoms with E-state index in [0.29, 0.717) is 23.8 Å². The second kappa shape index (κ2) is 4.42. The molecule has 2 aromatic rings. The van der Waals surface area contributed by atoms with Crippen LogP contribution in [0.25, 0.3) is 0 Å². The maximum absolute atomic E-state index is 12.3. The summed E-state index contributed by atoms with van der Waals surface area (Å²) < 4.78 is 2.06. The number of carbonyl (C=O) groups excluding carboxylic acids is 1. The molecule has 6 heteroatoms. The molecule has 0 spiro atoms. The molecule has 0 N–H and O–H groups in total. The molecule has 3 rings (SSSR count). The third-order valence-corrected chi connectivity index (χ3v) is 3.21. The highest BCUT2D eigenvalue weighted by Crippen LogP contribution is 2.15. The summed E-state index contributed by atoms with van der Waals surface area (Å²) in [4.78, 5) is 22.2. The zero-order chi connectivity index (χ0) is 12.5. The second-order valence-electron chi connectivity index (χ2n) is 4.13. The Balaban J connectivity index is 1.83. The van der Waals surface area contributed by atoms with Gasteiger partial charge in [0, 0.05) is 37.2 Å². The van der Waals surface area contributed by atoms with Crippen molar-refractivity contribution in [3.63, 3.8) is 0 Å². The van der Waals surface area contributed by atoms with Gasteiger partial charge in [-0.25, -0.2) is 9.97 Å². The standard InChI is InChI=1S/C12H11ClN4O/c13-10-7-9(1-2-14-10)12(18)17-6-5-16-4-3-15-11(16)8-17/h1-4,7H,5-6,8H2. The lowest BCUT2D eigenvalue weighted by Gasteiger charge is -2.27. The van der Waals surface area contributed by atoms with Gasteiger partial charge in [-0.2, -0.15) is 0 Å². The minimum absolute atomic E-state index is 0.0337. The number of hydrogen-bond acceptors (Lipinski definition) is 3. The number of halogens is 1. The highest BCUT2D eigenvalue weighted by Gasteiger charge is 2.22. The topological polar surface area (TPSA) is 51.0 Å². The van der Waals surface area contributed by atoms with Crippen LogP contribution in [0.15, 0.2) is 30.7 Å². The van der Waals surface area contributed by atoms with E-state index in [9.17, 15) is 4.79 Å². The van der Waals surface area contributed by atoms with Crippen LogP contribution in [-0.2, 0) is 13.1 Å². The molecule has 0 radical (unpaired) electrons. The van der Waals surface area contributed by atoms with Gasteiger partial charge in [-0.05, 0) is 12.1 Å². The molecule has 0 aromatic carbocycles. The van der Waals surface area contributed by atoms with Crippen molar-refractivity contribution < 1.29 is 4.79 Å². The first-order valence-electron chi connectivity index (χ1n) is 5.65. The minimum atomic E-state index is -0.0337. The molecule has 2 aromatic heterocycles. The van der Waals surface area contributed by atoms with E-state index >= 15 is 0 Å². The number of nitrogens with zero attached hydrogens (tertiary/aromatic N) is 4. The van der Waals surface area contributed by atoms with E-state index in [-0.39, 0.29) is 5.91 Å². The number of rotatable bonds is 1. The van der Waals surface area contributed by atoms with Crippen molar-refractivity contribution in [2.45, 2.75) is 13.1 Å². The van der Waals surface area contributed by atoms with E-state index in [4.69, 9.17) is 11.6 Å². The first-order chi connectivity index (χ1) is 8.74. The first kappa shape index (κ1) is 11.2. The molecule has 1 aliphatic heterocycles. The van der Waals surface area contributed by atoms with Gasteiger partial charge in [0.05, 0.1) is 6.54 Å². The maximum atomic E-state index is 12.3. The smallest absolute Gasteiger partial charge is 0.254 e. The van der Waals surface area contributed by atoms with Crippen LogP contribution >= 0.6 is 11.6 Å². The van der Waals surface area contributed by atoms with Gasteiger partial charge in [-0.15, -0.1) is 0 Å². The third kappa shape index (κ3) is 1.97. The number of aromatic nitrogens is 3. The Kier molecular flexibility index (Phi) is 2.76. The van der Waals surface area contributed by atoms with Crippen LogP contribution in [0, 0.1) is 0 Å². The zero-order valence-corrected chi connectivity index (χ0v) is 10.3. The van der Waals surface area contributed by atoms with Gasteiger partial charge in [-0.3, -0.25) is 4.79 Å². The number of pyridine rings is 1. The van der Waals surface area contributed by atoms with Crippen molar-refractivity contribution >= 4 is 17.5 Å². The van der Waals surface area contributed by atoms with E-state index in [1.165, 1.54) is 0 Å². The number of fused-ring (bicyclic) bond motifs is 1. The molecular weight excluding hydrogens is 252 g/mol. The average molecular weight is 263 g/mol. The van der Waals surface area contributed by atoms with Crippen LogP contribution in [0.5, 0.6) is 0 Å². The van der Waals surface area contributed by atoms with Crippen molar-refractivity contribution in [2.24, 2.45) is 0 Å². The highest BCUT2D eigenvalue weighted by molar-refractivity contribution is 6.29. The van der Waals surface area contributed by atoms with Crippen LogP contribution in [0.4, 0.5) is 0 Å². The summed E-state index contributed by atoms with van der Waals surface area (Å²) in [6, 6.07) is 3.26. The summed E-state index contributed by atoms with van der Waals surface area (Å²) in [5.41, 5.74) is 0.565. The highest BCUT2D eigenvalue weighted by atomic mass is 35.5. The van der Waals surface area contributed by atoms with Gasteiger partial charge in [0.1, 0.15) is 11.0 Å². The predicted octanol–water partition coefficient (Wildman–Crippen LogP) is 1.59. The molecule has 0 saturated carbocycles. The molecule has 5 nitrogen and oxygen atoms in total. The van der Waals surface area contributed by atoms with E-state index in [0.717, 1.165) is 12.4 Å². The van der Waals surface area contributed by atoms with Crippen molar-refractivity contribution in [3.05, 3.63) is 47.3 Å². The largest absolute Gasteiger partial charge is 0.332 e. The summed E-state index contributed by atoms with van der Waals surface area (Å²) in [6.45, 7) is 1.99. The quantitative estimate of drug-likeness (QED) is 0.734. The molecule has 3 heterocycles. The van der Waals surface area contributed by atoms with Crippen LogP contribution in [-0.4, -0.2) is 31.9 Å². The van der Waals surface area contributed by atoms with Crippen LogP contribution in [0.1, 0.15) is 16.2 Å². The van der Waals surface area contributed by atoms with Crippen molar-refractivity contribution in [1.29, 1.82) is 0 Å². The minimum Gasteiger partial charge on any atom is -0.332 e. The normalized spacial score (nSPS) is 14.4. The van der Waals surface area contributed by atoms with Gasteiger partial charge >= 0.3 is 0 Å². The Morgan fingerprint density at radius 1 is 1.28 bits per heavy atom. The van der Waals surface area contributed by atoms with Gasteiger partial charge < -0.3 is 9.47 Å². The molecule has 18 heavy (non-hydrogen) atoms. The van der Waals surface area contributed by atoms with E-state index in [1.54, 1.807) is 29.4 Å². The molecule has 0 bridgehead atoms. The molecule has 0 aliphatic carbocycles. The molecule has 0 fully saturated rings. The molecule has 0 unspecified atom stereocenters. The Hall–Kier alpha value is -1.88. The third-order valence-electron chi connectivity index (χ3n) is 3.01. The molecule has 92 valence electrons. The van der Waals surface area contributed by atoms with Gasteiger partial charge in [0.15, 0.2) is 0 Å². The summed E-state index contributed by atoms with van der Waals surface area (Å²) >= 11 is 5.79. The molecule has 0 saturated heterocycles. The van der Waals surface area contributed by atoms with E-state index in [2.05, 4.69) is 14.5 Å². The Labute approximate surface area is 109 Å². The maximum Gasteiger partial charge on any atom is 0.254 e. The number of imidazole rings is 1. The lowest BCUT2D eigenvalue weighted by atomic mass is 10.2. The Bertz CT molecular complexity index is 595. The predicted molar refractivity (Wildman–Crippen MR) is 66.2 cm³/mol. The summed E-state index contributed by atoms with van der Waals surface area (Å²) in [6.07, 6.45) is 5.23. The fraction of sp³-hybridized carbons (Fsp3) is 0.250. The van der Waals surface area contributed by atoms with Gasteiger partial charge in [0.25, 0.3) is 5.91 Å². The zero-order valence-electron chi connectivity index (χ0n) is 9.58. The lowest BCUT2D eigenvalue weighted by Crippen LogP contribution is -2.38. The summed E-state index contributed by atoms with van der Waals surface area (Å²) in [5.74, 6) is 0.878. The van der Waals surface area contributed by atoms with E-state index in [1.807, 2.05) is 6.20 Å². The van der Waals surface area contributed by atoms with Crippen LogP contribution in [0.2, 0.25) is 5.15 Å². The average Bonchev–Trinajstić information content (AvgIpc) is 2.85. The van der Waals surface area contributed by atoms with E-state index < -0.39 is 0 Å².